The average Bonchev–Trinajstić information content (AvgIpc) is 2.36. The van der Waals surface area contributed by atoms with Crippen molar-refractivity contribution in [1.82, 2.24) is 4.57 Å². The molecule has 20 heavy (non-hydrogen) atoms. The van der Waals surface area contributed by atoms with Gasteiger partial charge in [0.25, 0.3) is 0 Å². The van der Waals surface area contributed by atoms with E-state index in [1.165, 1.54) is 32.4 Å². The van der Waals surface area contributed by atoms with Crippen LogP contribution in [0.5, 0.6) is 0 Å². The van der Waals surface area contributed by atoms with Crippen LogP contribution in [0, 0.1) is 0 Å². The fourth-order valence-corrected chi connectivity index (χ4v) is 6.17. The third-order valence-corrected chi connectivity index (χ3v) is 12.6. The standard InChI is InChI=1S/C15H37NO2Si2/c1-9-16(20(7,8)15(2,3)4)13-11-10-12-14-19(17-5)18-6/h19H,9-14H2,1-8H3. The summed E-state index contributed by atoms with van der Waals surface area (Å²) in [5.41, 5.74) is 0. The van der Waals surface area contributed by atoms with Crippen molar-refractivity contribution in [3.8, 4) is 0 Å². The Kier molecular flexibility index (Phi) is 9.50. The Morgan fingerprint density at radius 1 is 1.00 bits per heavy atom. The van der Waals surface area contributed by atoms with Crippen molar-refractivity contribution < 1.29 is 8.85 Å². The van der Waals surface area contributed by atoms with Crippen molar-refractivity contribution in [3.05, 3.63) is 0 Å². The lowest BCUT2D eigenvalue weighted by Crippen LogP contribution is -2.55. The van der Waals surface area contributed by atoms with E-state index in [-0.39, 0.29) is 0 Å². The van der Waals surface area contributed by atoms with Gasteiger partial charge in [-0.15, -0.1) is 0 Å². The summed E-state index contributed by atoms with van der Waals surface area (Å²) in [7, 11) is 0.879. The first kappa shape index (κ1) is 20.3. The topological polar surface area (TPSA) is 21.7 Å². The van der Waals surface area contributed by atoms with Crippen LogP contribution in [0.1, 0.15) is 47.0 Å². The Labute approximate surface area is 130 Å². The summed E-state index contributed by atoms with van der Waals surface area (Å²) in [6.45, 7) is 17.0. The largest absolute Gasteiger partial charge is 0.400 e. The molecule has 0 N–H and O–H groups in total. The Morgan fingerprint density at radius 2 is 1.55 bits per heavy atom. The highest BCUT2D eigenvalue weighted by Gasteiger charge is 2.39. The van der Waals surface area contributed by atoms with Gasteiger partial charge in [-0.25, -0.2) is 0 Å². The maximum Gasteiger partial charge on any atom is 0.320 e. The molecule has 3 nitrogen and oxygen atoms in total. The molecular weight excluding hydrogens is 282 g/mol. The number of nitrogens with zero attached hydrogens (tertiary/aromatic N) is 1. The monoisotopic (exact) mass is 319 g/mol. The third-order valence-electron chi connectivity index (χ3n) is 4.90. The van der Waals surface area contributed by atoms with Crippen molar-refractivity contribution >= 4 is 17.5 Å². The summed E-state index contributed by atoms with van der Waals surface area (Å²) in [5, 5.41) is 0.438. The highest BCUT2D eigenvalue weighted by atomic mass is 28.3. The van der Waals surface area contributed by atoms with Crippen molar-refractivity contribution in [2.24, 2.45) is 0 Å². The van der Waals surface area contributed by atoms with Crippen LogP contribution in [0.25, 0.3) is 0 Å². The second-order valence-electron chi connectivity index (χ2n) is 7.14. The van der Waals surface area contributed by atoms with E-state index < -0.39 is 17.5 Å². The molecule has 0 aliphatic heterocycles. The lowest BCUT2D eigenvalue weighted by molar-refractivity contribution is 0.276. The van der Waals surface area contributed by atoms with Crippen molar-refractivity contribution in [1.29, 1.82) is 0 Å². The molecule has 0 radical (unpaired) electrons. The molecule has 0 aliphatic rings. The highest BCUT2D eigenvalue weighted by molar-refractivity contribution is 6.77. The van der Waals surface area contributed by atoms with Crippen LogP contribution in [-0.2, 0) is 8.85 Å². The van der Waals surface area contributed by atoms with E-state index in [4.69, 9.17) is 8.85 Å². The van der Waals surface area contributed by atoms with E-state index in [1.807, 2.05) is 0 Å². The van der Waals surface area contributed by atoms with Gasteiger partial charge in [0, 0.05) is 14.2 Å². The van der Waals surface area contributed by atoms with Gasteiger partial charge in [0.05, 0.1) is 0 Å². The molecule has 0 rings (SSSR count). The molecule has 0 spiro atoms. The van der Waals surface area contributed by atoms with Gasteiger partial charge in [0.2, 0.25) is 0 Å². The zero-order valence-electron chi connectivity index (χ0n) is 15.1. The maximum atomic E-state index is 5.36. The van der Waals surface area contributed by atoms with E-state index >= 15 is 0 Å². The minimum absolute atomic E-state index is 0.438. The zero-order chi connectivity index (χ0) is 15.8. The smallest absolute Gasteiger partial charge is 0.320 e. The molecule has 0 fully saturated rings. The van der Waals surface area contributed by atoms with Gasteiger partial charge in [-0.05, 0) is 30.6 Å². The Hall–Kier alpha value is 0.314. The van der Waals surface area contributed by atoms with E-state index in [2.05, 4.69) is 45.4 Å². The molecule has 0 aromatic heterocycles. The minimum atomic E-state index is -1.34. The van der Waals surface area contributed by atoms with Crippen LogP contribution in [0.15, 0.2) is 0 Å². The number of hydrogen-bond acceptors (Lipinski definition) is 3. The molecule has 0 heterocycles. The molecule has 122 valence electrons. The maximum absolute atomic E-state index is 5.36. The molecule has 0 aromatic carbocycles. The predicted octanol–water partition coefficient (Wildman–Crippen LogP) is 4.00. The lowest BCUT2D eigenvalue weighted by Gasteiger charge is -2.45. The van der Waals surface area contributed by atoms with Gasteiger partial charge in [-0.3, -0.25) is 0 Å². The Bertz CT molecular complexity index is 251. The molecule has 0 atom stereocenters. The van der Waals surface area contributed by atoms with Crippen molar-refractivity contribution in [2.75, 3.05) is 27.3 Å². The normalized spacial score (nSPS) is 13.5. The minimum Gasteiger partial charge on any atom is -0.400 e. The SMILES string of the molecule is CCN(CCCCC[SiH](OC)OC)[Si](C)(C)C(C)(C)C. The summed E-state index contributed by atoms with van der Waals surface area (Å²) in [6.07, 6.45) is 3.84. The number of unbranched alkanes of at least 4 members (excludes halogenated alkanes) is 2. The Morgan fingerprint density at radius 3 is 1.95 bits per heavy atom. The van der Waals surface area contributed by atoms with Crippen LogP contribution >= 0.6 is 0 Å². The van der Waals surface area contributed by atoms with Crippen LogP contribution < -0.4 is 0 Å². The second-order valence-corrected chi connectivity index (χ2v) is 14.8. The van der Waals surface area contributed by atoms with Crippen LogP contribution in [0.2, 0.25) is 24.2 Å². The molecule has 0 bridgehead atoms. The van der Waals surface area contributed by atoms with Crippen molar-refractivity contribution in [2.45, 2.75) is 71.1 Å². The summed E-state index contributed by atoms with van der Waals surface area (Å²) < 4.78 is 13.5. The predicted molar refractivity (Wildman–Crippen MR) is 94.3 cm³/mol. The molecule has 0 saturated heterocycles. The van der Waals surface area contributed by atoms with Gasteiger partial charge in [-0.1, -0.05) is 53.6 Å². The van der Waals surface area contributed by atoms with Gasteiger partial charge in [0.15, 0.2) is 0 Å². The summed E-state index contributed by atoms with van der Waals surface area (Å²) in [6, 6.07) is 1.14. The molecule has 5 heteroatoms. The van der Waals surface area contributed by atoms with Gasteiger partial charge < -0.3 is 13.4 Å². The number of hydrogen-bond donors (Lipinski definition) is 0. The highest BCUT2D eigenvalue weighted by Crippen LogP contribution is 2.38. The van der Waals surface area contributed by atoms with Gasteiger partial charge in [0.1, 0.15) is 8.24 Å². The van der Waals surface area contributed by atoms with E-state index in [9.17, 15) is 0 Å². The fraction of sp³-hybridized carbons (Fsp3) is 1.00. The first-order valence-electron chi connectivity index (χ1n) is 8.01. The molecule has 0 aliphatic carbocycles. The first-order chi connectivity index (χ1) is 9.20. The zero-order valence-corrected chi connectivity index (χ0v) is 17.2. The van der Waals surface area contributed by atoms with E-state index in [0.717, 1.165) is 6.04 Å². The second kappa shape index (κ2) is 9.36. The summed E-state index contributed by atoms with van der Waals surface area (Å²) in [5.74, 6) is 0. The third kappa shape index (κ3) is 6.39. The fourth-order valence-electron chi connectivity index (χ4n) is 2.43. The molecule has 0 aromatic rings. The van der Waals surface area contributed by atoms with E-state index in [0.29, 0.717) is 5.04 Å². The molecule has 0 saturated carbocycles. The molecular formula is C15H37NO2Si2. The van der Waals surface area contributed by atoms with Crippen molar-refractivity contribution in [3.63, 3.8) is 0 Å². The average molecular weight is 320 g/mol. The first-order valence-corrected chi connectivity index (χ1v) is 12.7. The van der Waals surface area contributed by atoms with E-state index in [1.54, 1.807) is 14.2 Å². The summed E-state index contributed by atoms with van der Waals surface area (Å²) >= 11 is 0. The van der Waals surface area contributed by atoms with Gasteiger partial charge in [-0.2, -0.15) is 0 Å². The van der Waals surface area contributed by atoms with Crippen LogP contribution in [0.4, 0.5) is 0 Å². The number of rotatable bonds is 10. The van der Waals surface area contributed by atoms with Gasteiger partial charge >= 0.3 is 9.28 Å². The molecule has 0 unspecified atom stereocenters. The summed E-state index contributed by atoms with van der Waals surface area (Å²) in [4.78, 5) is 0. The van der Waals surface area contributed by atoms with Crippen LogP contribution in [0.3, 0.4) is 0 Å². The quantitative estimate of drug-likeness (QED) is 0.449. The Balaban J connectivity index is 4.09. The lowest BCUT2D eigenvalue weighted by atomic mass is 10.2. The molecule has 0 amide bonds. The van der Waals surface area contributed by atoms with Crippen LogP contribution in [-0.4, -0.2) is 49.4 Å².